The maximum atomic E-state index is 12.1. The molecule has 0 radical (unpaired) electrons. The monoisotopic (exact) mass is 448 g/mol. The molecule has 1 heterocycles. The van der Waals surface area contributed by atoms with Gasteiger partial charge in [-0.25, -0.2) is 4.89 Å². The molecule has 0 unspecified atom stereocenters. The second kappa shape index (κ2) is 6.44. The minimum atomic E-state index is -1.84. The first-order valence-corrected chi connectivity index (χ1v) is 11.3. The lowest BCUT2D eigenvalue weighted by molar-refractivity contribution is -0.405. The van der Waals surface area contributed by atoms with Crippen molar-refractivity contribution in [3.63, 3.8) is 0 Å². The Kier molecular flexibility index (Phi) is 4.44. The summed E-state index contributed by atoms with van der Waals surface area (Å²) in [5.41, 5.74) is -1.39. The summed E-state index contributed by atoms with van der Waals surface area (Å²) in [6.07, 6.45) is 1.49. The quantitative estimate of drug-likeness (QED) is 0.376. The molecule has 5 rings (SSSR count). The third kappa shape index (κ3) is 2.36. The van der Waals surface area contributed by atoms with Crippen LogP contribution in [0.1, 0.15) is 53.9 Å². The Hall–Kier alpha value is -1.74. The Morgan fingerprint density at radius 3 is 2.41 bits per heavy atom. The molecule has 0 aromatic heterocycles. The molecule has 8 heteroatoms. The Morgan fingerprint density at radius 1 is 1.12 bits per heavy atom. The molecule has 4 fully saturated rings. The molecular weight excluding hydrogens is 416 g/mol. The number of hydrogen-bond acceptors (Lipinski definition) is 8. The molecule has 3 saturated carbocycles. The average molecular weight is 449 g/mol. The van der Waals surface area contributed by atoms with E-state index in [1.54, 1.807) is 0 Å². The molecule has 176 valence electrons. The minimum Gasteiger partial charge on any atom is -0.462 e. The van der Waals surface area contributed by atoms with E-state index in [4.69, 9.17) is 19.2 Å². The highest BCUT2D eigenvalue weighted by atomic mass is 17.2. The number of esters is 2. The summed E-state index contributed by atoms with van der Waals surface area (Å²) in [6, 6.07) is 0. The molecule has 0 aromatic rings. The summed E-state index contributed by atoms with van der Waals surface area (Å²) >= 11 is 0. The predicted molar refractivity (Wildman–Crippen MR) is 110 cm³/mol. The fraction of sp³-hybridized carbons (Fsp3) is 0.750. The zero-order chi connectivity index (χ0) is 23.4. The topological polar surface area (TPSA) is 112 Å². The van der Waals surface area contributed by atoms with Crippen LogP contribution in [0.2, 0.25) is 0 Å². The highest BCUT2D eigenvalue weighted by molar-refractivity contribution is 5.67. The molecule has 8 nitrogen and oxygen atoms in total. The van der Waals surface area contributed by atoms with E-state index in [1.807, 2.05) is 13.0 Å². The van der Waals surface area contributed by atoms with Gasteiger partial charge in [-0.05, 0) is 41.9 Å². The highest BCUT2D eigenvalue weighted by Gasteiger charge is 2.83. The molecule has 1 aliphatic heterocycles. The molecule has 1 saturated heterocycles. The standard InChI is InChI=1S/C24H32O8/c1-11-15-9-14-10-16(29-12(2)25)19-21(4,5)8-7-17(30-13(3)26)22(19,6)23(14)20(18(15)27)24(11,28)32-31-23/h10,15-20,27-28H,1,7-9H2,2-6H3/t15-,16+,17+,18+,19-,20+,22-,23-,24+/m1/s1. The van der Waals surface area contributed by atoms with Gasteiger partial charge in [0.1, 0.15) is 17.8 Å². The molecule has 1 spiro atoms. The molecule has 4 aliphatic carbocycles. The maximum Gasteiger partial charge on any atom is 0.303 e. The minimum absolute atomic E-state index is 0.329. The van der Waals surface area contributed by atoms with Crippen LogP contribution in [0.15, 0.2) is 23.8 Å². The van der Waals surface area contributed by atoms with Crippen molar-refractivity contribution in [2.75, 3.05) is 0 Å². The zero-order valence-corrected chi connectivity index (χ0v) is 19.2. The Morgan fingerprint density at radius 2 is 1.78 bits per heavy atom. The van der Waals surface area contributed by atoms with Crippen LogP contribution < -0.4 is 0 Å². The SMILES string of the molecule is C=C1[C@H]2CC3=C[C@H](OC(C)=O)[C@@H]4C(C)(C)CC[C@H](OC(C)=O)[C@@]4(C)[C@@]34OO[C@]1(O)[C@H]4[C@H]2O. The van der Waals surface area contributed by atoms with Crippen molar-refractivity contribution in [3.8, 4) is 0 Å². The largest absolute Gasteiger partial charge is 0.462 e. The van der Waals surface area contributed by atoms with Crippen LogP contribution in [0.4, 0.5) is 0 Å². The lowest BCUT2D eigenvalue weighted by Gasteiger charge is -2.65. The third-order valence-electron chi connectivity index (χ3n) is 9.05. The van der Waals surface area contributed by atoms with Gasteiger partial charge in [-0.15, -0.1) is 0 Å². The van der Waals surface area contributed by atoms with Gasteiger partial charge in [0.2, 0.25) is 5.79 Å². The van der Waals surface area contributed by atoms with E-state index >= 15 is 0 Å². The van der Waals surface area contributed by atoms with Gasteiger partial charge in [0.25, 0.3) is 0 Å². The Balaban J connectivity index is 1.79. The number of aliphatic hydroxyl groups excluding tert-OH is 1. The van der Waals surface area contributed by atoms with Crippen LogP contribution in [0.25, 0.3) is 0 Å². The number of carbonyl (C=O) groups is 2. The Bertz CT molecular complexity index is 938. The van der Waals surface area contributed by atoms with Gasteiger partial charge < -0.3 is 19.7 Å². The summed E-state index contributed by atoms with van der Waals surface area (Å²) in [6.45, 7) is 12.9. The van der Waals surface area contributed by atoms with Crippen molar-refractivity contribution in [2.45, 2.75) is 83.6 Å². The Labute approximate surface area is 187 Å². The van der Waals surface area contributed by atoms with Crippen molar-refractivity contribution in [1.82, 2.24) is 0 Å². The maximum absolute atomic E-state index is 12.1. The average Bonchev–Trinajstić information content (AvgIpc) is 3.05. The van der Waals surface area contributed by atoms with E-state index < -0.39 is 58.9 Å². The van der Waals surface area contributed by atoms with Gasteiger partial charge in [-0.3, -0.25) is 9.59 Å². The second-order valence-corrected chi connectivity index (χ2v) is 11.1. The highest BCUT2D eigenvalue weighted by Crippen LogP contribution is 2.74. The molecule has 2 N–H and O–H groups in total. The smallest absolute Gasteiger partial charge is 0.303 e. The van der Waals surface area contributed by atoms with Crippen molar-refractivity contribution >= 4 is 11.9 Å². The number of carbonyl (C=O) groups excluding carboxylic acids is 2. The molecule has 9 atom stereocenters. The van der Waals surface area contributed by atoms with E-state index in [9.17, 15) is 19.8 Å². The van der Waals surface area contributed by atoms with Crippen molar-refractivity contribution in [1.29, 1.82) is 0 Å². The van der Waals surface area contributed by atoms with Crippen LogP contribution in [0, 0.1) is 28.6 Å². The van der Waals surface area contributed by atoms with Gasteiger partial charge in [-0.1, -0.05) is 27.4 Å². The second-order valence-electron chi connectivity index (χ2n) is 11.1. The predicted octanol–water partition coefficient (Wildman–Crippen LogP) is 2.19. The number of fused-ring (bicyclic) bond motifs is 2. The first-order chi connectivity index (χ1) is 14.8. The van der Waals surface area contributed by atoms with E-state index in [1.165, 1.54) is 13.8 Å². The van der Waals surface area contributed by atoms with Gasteiger partial charge in [-0.2, -0.15) is 4.89 Å². The van der Waals surface area contributed by atoms with Crippen LogP contribution in [0.3, 0.4) is 0 Å². The molecule has 32 heavy (non-hydrogen) atoms. The molecular formula is C24H32O8. The number of hydrogen-bond donors (Lipinski definition) is 2. The van der Waals surface area contributed by atoms with Crippen LogP contribution in [0.5, 0.6) is 0 Å². The van der Waals surface area contributed by atoms with E-state index in [0.717, 1.165) is 12.0 Å². The van der Waals surface area contributed by atoms with E-state index in [-0.39, 0.29) is 11.3 Å². The van der Waals surface area contributed by atoms with E-state index in [2.05, 4.69) is 20.4 Å². The van der Waals surface area contributed by atoms with Crippen molar-refractivity contribution in [2.24, 2.45) is 28.6 Å². The van der Waals surface area contributed by atoms with Crippen LogP contribution in [-0.2, 0) is 28.8 Å². The fourth-order valence-electron chi connectivity index (χ4n) is 7.98. The fourth-order valence-corrected chi connectivity index (χ4v) is 7.98. The number of ether oxygens (including phenoxy) is 2. The third-order valence-corrected chi connectivity index (χ3v) is 9.05. The van der Waals surface area contributed by atoms with Gasteiger partial charge in [0.05, 0.1) is 12.0 Å². The zero-order valence-electron chi connectivity index (χ0n) is 19.2. The number of aliphatic hydroxyl groups is 2. The summed E-state index contributed by atoms with van der Waals surface area (Å²) < 4.78 is 11.7. The van der Waals surface area contributed by atoms with E-state index in [0.29, 0.717) is 18.4 Å². The van der Waals surface area contributed by atoms with Crippen LogP contribution in [-0.4, -0.2) is 51.9 Å². The van der Waals surface area contributed by atoms with Gasteiger partial charge in [0, 0.05) is 31.1 Å². The molecule has 0 aromatic carbocycles. The van der Waals surface area contributed by atoms with Gasteiger partial charge in [0.15, 0.2) is 0 Å². The lowest BCUT2D eigenvalue weighted by atomic mass is 9.41. The molecule has 2 bridgehead atoms. The normalized spacial score (nSPS) is 50.2. The van der Waals surface area contributed by atoms with Crippen LogP contribution >= 0.6 is 0 Å². The van der Waals surface area contributed by atoms with Gasteiger partial charge >= 0.3 is 11.9 Å². The summed E-state index contributed by atoms with van der Waals surface area (Å²) in [7, 11) is 0. The van der Waals surface area contributed by atoms with Crippen molar-refractivity contribution in [3.05, 3.63) is 23.8 Å². The van der Waals surface area contributed by atoms with Crippen molar-refractivity contribution < 1.29 is 39.1 Å². The molecule has 0 amide bonds. The molecule has 5 aliphatic rings. The first kappa shape index (κ1) is 22.1. The summed E-state index contributed by atoms with van der Waals surface area (Å²) in [4.78, 5) is 35.9. The lowest BCUT2D eigenvalue weighted by Crippen LogP contribution is -2.73. The first-order valence-electron chi connectivity index (χ1n) is 11.3. The number of rotatable bonds is 2. The summed E-state index contributed by atoms with van der Waals surface area (Å²) in [5.74, 6) is -4.25. The summed E-state index contributed by atoms with van der Waals surface area (Å²) in [5, 5.41) is 22.7.